The van der Waals surface area contributed by atoms with Crippen LogP contribution in [0.15, 0.2) is 79.1 Å². The molecule has 192 valence electrons. The van der Waals surface area contributed by atoms with E-state index in [2.05, 4.69) is 116 Å². The first-order valence-electron chi connectivity index (χ1n) is 13.1. The van der Waals surface area contributed by atoms with Gasteiger partial charge in [-0.2, -0.15) is 0 Å². The third kappa shape index (κ3) is 6.46. The van der Waals surface area contributed by atoms with E-state index in [9.17, 15) is 0 Å². The lowest BCUT2D eigenvalue weighted by Crippen LogP contribution is -2.12. The van der Waals surface area contributed by atoms with E-state index in [1.54, 1.807) is 0 Å². The predicted molar refractivity (Wildman–Crippen MR) is 156 cm³/mol. The van der Waals surface area contributed by atoms with Gasteiger partial charge < -0.3 is 4.74 Å². The lowest BCUT2D eigenvalue weighted by Gasteiger charge is -2.23. The van der Waals surface area contributed by atoms with Gasteiger partial charge in [0.2, 0.25) is 0 Å². The average Bonchev–Trinajstić information content (AvgIpc) is 2.83. The summed E-state index contributed by atoms with van der Waals surface area (Å²) in [7, 11) is 0. The van der Waals surface area contributed by atoms with Gasteiger partial charge >= 0.3 is 0 Å². The Morgan fingerprint density at radius 1 is 0.486 bits per heavy atom. The third-order valence-corrected chi connectivity index (χ3v) is 6.66. The highest BCUT2D eigenvalue weighted by molar-refractivity contribution is 5.66. The maximum Gasteiger partial charge on any atom is 0.128 e. The molecule has 4 rings (SSSR count). The fraction of sp³-hybridized carbons (Fsp3) is 0.353. The molecule has 3 nitrogen and oxygen atoms in total. The molecule has 0 amide bonds. The Balaban J connectivity index is 1.82. The highest BCUT2D eigenvalue weighted by Crippen LogP contribution is 2.37. The van der Waals surface area contributed by atoms with Crippen LogP contribution in [-0.2, 0) is 16.2 Å². The minimum atomic E-state index is -0.0395. The van der Waals surface area contributed by atoms with E-state index in [0.29, 0.717) is 0 Å². The van der Waals surface area contributed by atoms with Crippen LogP contribution in [0.25, 0.3) is 22.5 Å². The van der Waals surface area contributed by atoms with Crippen LogP contribution in [0.1, 0.15) is 79.0 Å². The first kappa shape index (κ1) is 26.6. The molecule has 0 radical (unpaired) electrons. The number of benzene rings is 2. The van der Waals surface area contributed by atoms with Crippen molar-refractivity contribution in [1.29, 1.82) is 0 Å². The third-order valence-electron chi connectivity index (χ3n) is 6.66. The highest BCUT2D eigenvalue weighted by atomic mass is 16.5. The van der Waals surface area contributed by atoms with E-state index in [1.165, 1.54) is 16.7 Å². The predicted octanol–water partition coefficient (Wildman–Crippen LogP) is 9.50. The summed E-state index contributed by atoms with van der Waals surface area (Å²) in [4.78, 5) is 9.32. The molecule has 0 spiro atoms. The summed E-state index contributed by atoms with van der Waals surface area (Å²) in [5.41, 5.74) is 7.66. The first-order valence-corrected chi connectivity index (χ1v) is 13.1. The zero-order chi connectivity index (χ0) is 27.0. The van der Waals surface area contributed by atoms with Crippen molar-refractivity contribution in [3.05, 3.63) is 95.8 Å². The van der Waals surface area contributed by atoms with Crippen molar-refractivity contribution in [3.8, 4) is 34.0 Å². The minimum absolute atomic E-state index is 0.0291. The lowest BCUT2D eigenvalue weighted by molar-refractivity contribution is 0.475. The molecule has 0 saturated carbocycles. The lowest BCUT2D eigenvalue weighted by atomic mass is 9.84. The number of hydrogen-bond donors (Lipinski definition) is 0. The van der Waals surface area contributed by atoms with E-state index >= 15 is 0 Å². The molecule has 0 bridgehead atoms. The van der Waals surface area contributed by atoms with Crippen molar-refractivity contribution in [2.45, 2.75) is 78.6 Å². The average molecular weight is 493 g/mol. The Bertz CT molecular complexity index is 1380. The second-order valence-corrected chi connectivity index (χ2v) is 13.0. The second kappa shape index (κ2) is 9.78. The standard InChI is InChI=1S/C34H40N2O/c1-32(2,3)25-13-15-36-31(22-25)24-17-27(34(7,8)9)21-29(19-24)37-28-18-23(30-12-10-11-14-35-30)16-26(20-28)33(4,5)6/h10-22H,1-9H3. The van der Waals surface area contributed by atoms with E-state index in [1.807, 2.05) is 30.6 Å². The maximum atomic E-state index is 6.62. The molecule has 0 saturated heterocycles. The fourth-order valence-corrected chi connectivity index (χ4v) is 4.20. The van der Waals surface area contributed by atoms with Gasteiger partial charge in [0, 0.05) is 23.5 Å². The summed E-state index contributed by atoms with van der Waals surface area (Å²) >= 11 is 0. The summed E-state index contributed by atoms with van der Waals surface area (Å²) in [6.45, 7) is 20.0. The van der Waals surface area contributed by atoms with E-state index in [-0.39, 0.29) is 16.2 Å². The van der Waals surface area contributed by atoms with Crippen molar-refractivity contribution in [2.75, 3.05) is 0 Å². The number of pyridine rings is 2. The molecular formula is C34H40N2O. The number of aromatic nitrogens is 2. The summed E-state index contributed by atoms with van der Waals surface area (Å²) in [5.74, 6) is 1.62. The normalized spacial score (nSPS) is 12.5. The van der Waals surface area contributed by atoms with Crippen LogP contribution in [0, 0.1) is 0 Å². The van der Waals surface area contributed by atoms with E-state index in [4.69, 9.17) is 9.72 Å². The Morgan fingerprint density at radius 3 is 1.49 bits per heavy atom. The number of hydrogen-bond acceptors (Lipinski definition) is 3. The van der Waals surface area contributed by atoms with Gasteiger partial charge in [-0.15, -0.1) is 0 Å². The van der Waals surface area contributed by atoms with Crippen molar-refractivity contribution in [1.82, 2.24) is 9.97 Å². The van der Waals surface area contributed by atoms with Crippen LogP contribution < -0.4 is 4.74 Å². The van der Waals surface area contributed by atoms with Crippen LogP contribution in [-0.4, -0.2) is 9.97 Å². The minimum Gasteiger partial charge on any atom is -0.457 e. The molecule has 2 aromatic carbocycles. The number of rotatable bonds is 4. The molecule has 2 heterocycles. The zero-order valence-electron chi connectivity index (χ0n) is 23.8. The van der Waals surface area contributed by atoms with E-state index < -0.39 is 0 Å². The van der Waals surface area contributed by atoms with Crippen molar-refractivity contribution >= 4 is 0 Å². The van der Waals surface area contributed by atoms with Crippen LogP contribution in [0.2, 0.25) is 0 Å². The van der Waals surface area contributed by atoms with Gasteiger partial charge in [0.05, 0.1) is 11.4 Å². The molecule has 0 unspecified atom stereocenters. The fourth-order valence-electron chi connectivity index (χ4n) is 4.20. The molecule has 0 aliphatic rings. The summed E-state index contributed by atoms with van der Waals surface area (Å²) in [6, 6.07) is 23.2. The molecule has 0 aliphatic heterocycles. The van der Waals surface area contributed by atoms with Crippen LogP contribution in [0.3, 0.4) is 0 Å². The molecule has 0 fully saturated rings. The monoisotopic (exact) mass is 492 g/mol. The maximum absolute atomic E-state index is 6.62. The van der Waals surface area contributed by atoms with Gasteiger partial charge in [-0.3, -0.25) is 9.97 Å². The quantitative estimate of drug-likeness (QED) is 0.284. The highest BCUT2D eigenvalue weighted by Gasteiger charge is 2.20. The Kier molecular flexibility index (Phi) is 7.03. The first-order chi connectivity index (χ1) is 17.2. The molecule has 37 heavy (non-hydrogen) atoms. The van der Waals surface area contributed by atoms with Crippen molar-refractivity contribution in [3.63, 3.8) is 0 Å². The summed E-state index contributed by atoms with van der Waals surface area (Å²) in [6.07, 6.45) is 3.74. The molecule has 0 aliphatic carbocycles. The topological polar surface area (TPSA) is 35.0 Å². The van der Waals surface area contributed by atoms with Crippen molar-refractivity contribution < 1.29 is 4.74 Å². The van der Waals surface area contributed by atoms with Crippen LogP contribution in [0.5, 0.6) is 11.5 Å². The van der Waals surface area contributed by atoms with Gasteiger partial charge in [0.1, 0.15) is 11.5 Å². The Labute approximate surface area is 223 Å². The number of nitrogens with zero attached hydrogens (tertiary/aromatic N) is 2. The Morgan fingerprint density at radius 2 is 1.00 bits per heavy atom. The van der Waals surface area contributed by atoms with Gasteiger partial charge in [0.15, 0.2) is 0 Å². The van der Waals surface area contributed by atoms with E-state index in [0.717, 1.165) is 34.0 Å². The molecule has 0 atom stereocenters. The van der Waals surface area contributed by atoms with Gasteiger partial charge in [0.25, 0.3) is 0 Å². The van der Waals surface area contributed by atoms with Gasteiger partial charge in [-0.1, -0.05) is 68.4 Å². The van der Waals surface area contributed by atoms with Gasteiger partial charge in [-0.05, 0) is 93.6 Å². The zero-order valence-corrected chi connectivity index (χ0v) is 23.8. The second-order valence-electron chi connectivity index (χ2n) is 13.0. The largest absolute Gasteiger partial charge is 0.457 e. The molecule has 3 heteroatoms. The summed E-state index contributed by atoms with van der Waals surface area (Å²) in [5, 5.41) is 0. The van der Waals surface area contributed by atoms with Gasteiger partial charge in [-0.25, -0.2) is 0 Å². The van der Waals surface area contributed by atoms with Crippen LogP contribution >= 0.6 is 0 Å². The SMILES string of the molecule is CC(C)(C)c1cc(Oc2cc(-c3cc(C(C)(C)C)ccn3)cc(C(C)(C)C)c2)cc(-c2ccccn2)c1. The molecule has 2 aromatic heterocycles. The van der Waals surface area contributed by atoms with Crippen molar-refractivity contribution in [2.24, 2.45) is 0 Å². The smallest absolute Gasteiger partial charge is 0.128 e. The number of ether oxygens (including phenoxy) is 1. The molecular weight excluding hydrogens is 452 g/mol. The summed E-state index contributed by atoms with van der Waals surface area (Å²) < 4.78 is 6.62. The van der Waals surface area contributed by atoms with Crippen LogP contribution in [0.4, 0.5) is 0 Å². The molecule has 0 N–H and O–H groups in total. The Hall–Kier alpha value is -3.46. The molecule has 4 aromatic rings.